The zero-order valence-corrected chi connectivity index (χ0v) is 15.3. The lowest BCUT2D eigenvalue weighted by Gasteiger charge is -2.34. The van der Waals surface area contributed by atoms with Crippen LogP contribution in [-0.2, 0) is 15.8 Å². The van der Waals surface area contributed by atoms with E-state index < -0.39 is 10.0 Å². The van der Waals surface area contributed by atoms with E-state index in [0.29, 0.717) is 37.5 Å². The number of anilines is 1. The molecular formula is C18H20N4O3S. The fraction of sp³-hybridized carbons (Fsp3) is 0.333. The summed E-state index contributed by atoms with van der Waals surface area (Å²) in [5, 5.41) is 4.70. The SMILES string of the molecule is Cc1ccnc(N2CCN(S(=O)(=O)Cc3noc4ccccc34)CC2)c1. The maximum Gasteiger partial charge on any atom is 0.220 e. The van der Waals surface area contributed by atoms with Crippen LogP contribution in [0.3, 0.4) is 0 Å². The number of para-hydroxylation sites is 1. The van der Waals surface area contributed by atoms with Crippen LogP contribution in [0.25, 0.3) is 11.0 Å². The minimum atomic E-state index is -3.45. The Labute approximate surface area is 152 Å². The Morgan fingerprint density at radius 1 is 1.12 bits per heavy atom. The fourth-order valence-electron chi connectivity index (χ4n) is 3.19. The third-order valence-electron chi connectivity index (χ3n) is 4.63. The first-order valence-electron chi connectivity index (χ1n) is 8.52. The van der Waals surface area contributed by atoms with Crippen LogP contribution in [0.15, 0.2) is 47.1 Å². The lowest BCUT2D eigenvalue weighted by Crippen LogP contribution is -2.49. The van der Waals surface area contributed by atoms with Gasteiger partial charge in [0.2, 0.25) is 10.0 Å². The molecule has 26 heavy (non-hydrogen) atoms. The van der Waals surface area contributed by atoms with Gasteiger partial charge in [-0.15, -0.1) is 0 Å². The van der Waals surface area contributed by atoms with Gasteiger partial charge in [0.15, 0.2) is 5.58 Å². The zero-order chi connectivity index (χ0) is 18.1. The summed E-state index contributed by atoms with van der Waals surface area (Å²) in [6.45, 7) is 4.14. The summed E-state index contributed by atoms with van der Waals surface area (Å²) >= 11 is 0. The van der Waals surface area contributed by atoms with E-state index >= 15 is 0 Å². The molecule has 0 radical (unpaired) electrons. The van der Waals surface area contributed by atoms with Gasteiger partial charge in [-0.2, -0.15) is 4.31 Å². The molecule has 0 saturated carbocycles. The molecule has 3 heterocycles. The molecule has 0 atom stereocenters. The van der Waals surface area contributed by atoms with E-state index in [1.807, 2.05) is 37.3 Å². The van der Waals surface area contributed by atoms with Crippen LogP contribution in [0.2, 0.25) is 0 Å². The number of benzene rings is 1. The largest absolute Gasteiger partial charge is 0.356 e. The Hall–Kier alpha value is -2.45. The minimum Gasteiger partial charge on any atom is -0.356 e. The van der Waals surface area contributed by atoms with Crippen molar-refractivity contribution in [2.24, 2.45) is 0 Å². The van der Waals surface area contributed by atoms with Crippen LogP contribution in [0.5, 0.6) is 0 Å². The highest BCUT2D eigenvalue weighted by atomic mass is 32.2. The quantitative estimate of drug-likeness (QED) is 0.698. The van der Waals surface area contributed by atoms with E-state index in [0.717, 1.165) is 16.8 Å². The maximum absolute atomic E-state index is 12.8. The molecule has 0 unspecified atom stereocenters. The van der Waals surface area contributed by atoms with Gasteiger partial charge >= 0.3 is 0 Å². The fourth-order valence-corrected chi connectivity index (χ4v) is 4.65. The van der Waals surface area contributed by atoms with Gasteiger partial charge in [0.25, 0.3) is 0 Å². The van der Waals surface area contributed by atoms with Gasteiger partial charge in [0, 0.05) is 37.8 Å². The van der Waals surface area contributed by atoms with Crippen molar-refractivity contribution in [2.45, 2.75) is 12.7 Å². The van der Waals surface area contributed by atoms with Gasteiger partial charge in [0.1, 0.15) is 17.3 Å². The summed E-state index contributed by atoms with van der Waals surface area (Å²) in [5.74, 6) is 0.747. The van der Waals surface area contributed by atoms with Gasteiger partial charge in [-0.1, -0.05) is 17.3 Å². The van der Waals surface area contributed by atoms with Crippen LogP contribution in [0.1, 0.15) is 11.3 Å². The Morgan fingerprint density at radius 2 is 1.88 bits per heavy atom. The molecule has 136 valence electrons. The van der Waals surface area contributed by atoms with Crippen molar-refractivity contribution in [2.75, 3.05) is 31.1 Å². The Bertz CT molecular complexity index is 1020. The number of nitrogens with zero attached hydrogens (tertiary/aromatic N) is 4. The standard InChI is InChI=1S/C18H20N4O3S/c1-14-6-7-19-18(12-14)21-8-10-22(11-9-21)26(23,24)13-16-15-4-2-3-5-17(15)25-20-16/h2-7,12H,8-11,13H2,1H3. The van der Waals surface area contributed by atoms with Crippen molar-refractivity contribution in [3.05, 3.63) is 53.9 Å². The van der Waals surface area contributed by atoms with E-state index in [1.54, 1.807) is 12.3 Å². The van der Waals surface area contributed by atoms with Crippen LogP contribution >= 0.6 is 0 Å². The van der Waals surface area contributed by atoms with Crippen molar-refractivity contribution in [3.63, 3.8) is 0 Å². The molecule has 1 aliphatic rings. The summed E-state index contributed by atoms with van der Waals surface area (Å²) in [6.07, 6.45) is 1.78. The monoisotopic (exact) mass is 372 g/mol. The number of aromatic nitrogens is 2. The van der Waals surface area contributed by atoms with Gasteiger partial charge < -0.3 is 9.42 Å². The van der Waals surface area contributed by atoms with Crippen LogP contribution in [0, 0.1) is 6.92 Å². The molecule has 1 fully saturated rings. The number of piperazine rings is 1. The summed E-state index contributed by atoms with van der Waals surface area (Å²) in [4.78, 5) is 6.50. The minimum absolute atomic E-state index is 0.146. The molecule has 1 saturated heterocycles. The number of pyridine rings is 1. The Balaban J connectivity index is 1.46. The third-order valence-corrected chi connectivity index (χ3v) is 6.42. The van der Waals surface area contributed by atoms with Crippen molar-refractivity contribution in [1.82, 2.24) is 14.4 Å². The molecule has 0 spiro atoms. The lowest BCUT2D eigenvalue weighted by atomic mass is 10.2. The molecule has 0 N–H and O–H groups in total. The van der Waals surface area contributed by atoms with E-state index in [-0.39, 0.29) is 5.75 Å². The van der Waals surface area contributed by atoms with Crippen LogP contribution in [0.4, 0.5) is 5.82 Å². The molecule has 0 bridgehead atoms. The summed E-state index contributed by atoms with van der Waals surface area (Å²) in [6, 6.07) is 11.3. The normalized spacial score (nSPS) is 16.3. The van der Waals surface area contributed by atoms with Crippen molar-refractivity contribution >= 4 is 26.8 Å². The molecule has 8 heteroatoms. The highest BCUT2D eigenvalue weighted by Crippen LogP contribution is 2.22. The average Bonchev–Trinajstić information content (AvgIpc) is 3.04. The number of sulfonamides is 1. The number of fused-ring (bicyclic) bond motifs is 1. The molecule has 4 rings (SSSR count). The van der Waals surface area contributed by atoms with Crippen LogP contribution < -0.4 is 4.90 Å². The smallest absolute Gasteiger partial charge is 0.220 e. The first-order valence-corrected chi connectivity index (χ1v) is 10.1. The maximum atomic E-state index is 12.8. The van der Waals surface area contributed by atoms with E-state index in [4.69, 9.17) is 4.52 Å². The van der Waals surface area contributed by atoms with E-state index in [9.17, 15) is 8.42 Å². The number of hydrogen-bond donors (Lipinski definition) is 0. The predicted octanol–water partition coefficient (Wildman–Crippen LogP) is 2.18. The molecular weight excluding hydrogens is 352 g/mol. The highest BCUT2D eigenvalue weighted by molar-refractivity contribution is 7.88. The molecule has 0 aliphatic carbocycles. The number of rotatable bonds is 4. The number of hydrogen-bond acceptors (Lipinski definition) is 6. The second kappa shape index (κ2) is 6.69. The molecule has 1 aromatic carbocycles. The van der Waals surface area contributed by atoms with Crippen molar-refractivity contribution < 1.29 is 12.9 Å². The highest BCUT2D eigenvalue weighted by Gasteiger charge is 2.29. The number of aryl methyl sites for hydroxylation is 1. The molecule has 0 amide bonds. The van der Waals surface area contributed by atoms with E-state index in [1.165, 1.54) is 4.31 Å². The average molecular weight is 372 g/mol. The first kappa shape index (κ1) is 17.0. The van der Waals surface area contributed by atoms with Crippen molar-refractivity contribution in [3.8, 4) is 0 Å². The zero-order valence-electron chi connectivity index (χ0n) is 14.5. The Kier molecular flexibility index (Phi) is 4.37. The molecule has 1 aliphatic heterocycles. The van der Waals surface area contributed by atoms with Gasteiger partial charge in [-0.25, -0.2) is 13.4 Å². The third kappa shape index (κ3) is 3.30. The van der Waals surface area contributed by atoms with Crippen molar-refractivity contribution in [1.29, 1.82) is 0 Å². The molecule has 3 aromatic rings. The topological polar surface area (TPSA) is 79.5 Å². The molecule has 2 aromatic heterocycles. The molecule has 7 nitrogen and oxygen atoms in total. The summed E-state index contributed by atoms with van der Waals surface area (Å²) < 4.78 is 32.4. The Morgan fingerprint density at radius 3 is 2.65 bits per heavy atom. The van der Waals surface area contributed by atoms with Gasteiger partial charge in [-0.3, -0.25) is 0 Å². The summed E-state index contributed by atoms with van der Waals surface area (Å²) in [7, 11) is -3.45. The van der Waals surface area contributed by atoms with E-state index in [2.05, 4.69) is 15.0 Å². The van der Waals surface area contributed by atoms with Crippen LogP contribution in [-0.4, -0.2) is 49.0 Å². The lowest BCUT2D eigenvalue weighted by molar-refractivity contribution is 0.382. The first-order chi connectivity index (χ1) is 12.5. The van der Waals surface area contributed by atoms with Gasteiger partial charge in [0.05, 0.1) is 0 Å². The second-order valence-electron chi connectivity index (χ2n) is 6.46. The van der Waals surface area contributed by atoms with Gasteiger partial charge in [-0.05, 0) is 36.8 Å². The summed E-state index contributed by atoms with van der Waals surface area (Å²) in [5.41, 5.74) is 2.21. The second-order valence-corrected chi connectivity index (χ2v) is 8.43. The predicted molar refractivity (Wildman–Crippen MR) is 99.4 cm³/mol.